The van der Waals surface area contributed by atoms with Gasteiger partial charge in [-0.25, -0.2) is 4.68 Å². The Bertz CT molecular complexity index is 1080. The highest BCUT2D eigenvalue weighted by molar-refractivity contribution is 5.79. The summed E-state index contributed by atoms with van der Waals surface area (Å²) >= 11 is 0. The van der Waals surface area contributed by atoms with Crippen molar-refractivity contribution in [2.75, 3.05) is 31.6 Å². The number of carbonyl (C=O) groups is 1. The van der Waals surface area contributed by atoms with Crippen LogP contribution in [0.1, 0.15) is 24.1 Å². The lowest BCUT2D eigenvalue weighted by Gasteiger charge is -2.34. The van der Waals surface area contributed by atoms with Gasteiger partial charge in [-0.15, -0.1) is 0 Å². The average Bonchev–Trinajstić information content (AvgIpc) is 2.85. The van der Waals surface area contributed by atoms with Crippen molar-refractivity contribution in [2.45, 2.75) is 25.8 Å². The van der Waals surface area contributed by atoms with Gasteiger partial charge in [0.2, 0.25) is 5.91 Å². The molecule has 0 aliphatic carbocycles. The predicted octanol–water partition coefficient (Wildman–Crippen LogP) is 2.60. The van der Waals surface area contributed by atoms with Crippen molar-refractivity contribution in [1.82, 2.24) is 19.7 Å². The Morgan fingerprint density at radius 2 is 1.84 bits per heavy atom. The van der Waals surface area contributed by atoms with Crippen molar-refractivity contribution in [1.29, 1.82) is 0 Å². The van der Waals surface area contributed by atoms with Crippen LogP contribution in [0.3, 0.4) is 0 Å². The first kappa shape index (κ1) is 21.7. The van der Waals surface area contributed by atoms with Gasteiger partial charge < -0.3 is 9.80 Å². The van der Waals surface area contributed by atoms with E-state index in [0.29, 0.717) is 13.1 Å². The molecule has 0 saturated carbocycles. The lowest BCUT2D eigenvalue weighted by atomic mass is 9.95. The van der Waals surface area contributed by atoms with Crippen molar-refractivity contribution in [3.8, 4) is 0 Å². The number of benzene rings is 1. The molecule has 0 spiro atoms. The van der Waals surface area contributed by atoms with E-state index in [0.717, 1.165) is 49.3 Å². The largest absolute Gasteiger partial charge is 0.370 e. The Balaban J connectivity index is 1.29. The van der Waals surface area contributed by atoms with Gasteiger partial charge in [0, 0.05) is 57.0 Å². The van der Waals surface area contributed by atoms with Gasteiger partial charge in [-0.1, -0.05) is 36.4 Å². The summed E-state index contributed by atoms with van der Waals surface area (Å²) in [6, 6.07) is 17.3. The molecule has 0 bridgehead atoms. The standard InChI is InChI=1S/C25H29N5O2/c1-28(14-12-22-9-5-6-13-26-22)25(32)21-10-15-29(16-11-21)23-17-24(31)30(27-18-23)19-20-7-3-2-4-8-20/h2-9,13,17-18,21H,10-12,14-16,19H2,1H3. The normalized spacial score (nSPS) is 14.3. The van der Waals surface area contributed by atoms with E-state index in [1.165, 1.54) is 4.68 Å². The highest BCUT2D eigenvalue weighted by Gasteiger charge is 2.27. The van der Waals surface area contributed by atoms with Gasteiger partial charge >= 0.3 is 0 Å². The summed E-state index contributed by atoms with van der Waals surface area (Å²) in [7, 11) is 1.87. The second kappa shape index (κ2) is 10.2. The maximum absolute atomic E-state index is 12.9. The monoisotopic (exact) mass is 431 g/mol. The molecule has 1 amide bonds. The fraction of sp³-hybridized carbons (Fsp3) is 0.360. The number of carbonyl (C=O) groups excluding carboxylic acids is 1. The molecule has 0 radical (unpaired) electrons. The van der Waals surface area contributed by atoms with E-state index in [4.69, 9.17) is 0 Å². The quantitative estimate of drug-likeness (QED) is 0.575. The summed E-state index contributed by atoms with van der Waals surface area (Å²) < 4.78 is 1.48. The number of hydrogen-bond acceptors (Lipinski definition) is 5. The van der Waals surface area contributed by atoms with Gasteiger partial charge in [0.25, 0.3) is 5.56 Å². The van der Waals surface area contributed by atoms with Crippen LogP contribution >= 0.6 is 0 Å². The lowest BCUT2D eigenvalue weighted by molar-refractivity contribution is -0.134. The highest BCUT2D eigenvalue weighted by Crippen LogP contribution is 2.23. The first-order valence-electron chi connectivity index (χ1n) is 11.1. The minimum atomic E-state index is -0.112. The maximum atomic E-state index is 12.9. The van der Waals surface area contributed by atoms with E-state index in [1.807, 2.05) is 60.5 Å². The van der Waals surface area contributed by atoms with Crippen molar-refractivity contribution >= 4 is 11.6 Å². The number of piperidine rings is 1. The molecule has 2 aromatic heterocycles. The van der Waals surface area contributed by atoms with Gasteiger partial charge in [0.15, 0.2) is 0 Å². The molecule has 1 aromatic carbocycles. The number of hydrogen-bond donors (Lipinski definition) is 0. The minimum Gasteiger partial charge on any atom is -0.370 e. The summed E-state index contributed by atoms with van der Waals surface area (Å²) in [5.74, 6) is 0.211. The Hall–Kier alpha value is -3.48. The molecule has 32 heavy (non-hydrogen) atoms. The molecule has 166 valence electrons. The number of pyridine rings is 1. The van der Waals surface area contributed by atoms with Crippen molar-refractivity contribution < 1.29 is 4.79 Å². The fourth-order valence-corrected chi connectivity index (χ4v) is 4.11. The summed E-state index contributed by atoms with van der Waals surface area (Å²) in [5.41, 5.74) is 2.75. The number of nitrogens with zero attached hydrogens (tertiary/aromatic N) is 5. The van der Waals surface area contributed by atoms with Crippen LogP contribution in [0.2, 0.25) is 0 Å². The molecule has 1 fully saturated rings. The van der Waals surface area contributed by atoms with Gasteiger partial charge in [-0.05, 0) is 30.5 Å². The fourth-order valence-electron chi connectivity index (χ4n) is 4.11. The minimum absolute atomic E-state index is 0.0198. The number of likely N-dealkylation sites (N-methyl/N-ethyl adjacent to an activating group) is 1. The van der Waals surface area contributed by atoms with Gasteiger partial charge in [-0.2, -0.15) is 5.10 Å². The Labute approximate surface area is 188 Å². The lowest BCUT2D eigenvalue weighted by Crippen LogP contribution is -2.42. The Morgan fingerprint density at radius 1 is 1.09 bits per heavy atom. The molecule has 1 aliphatic heterocycles. The van der Waals surface area contributed by atoms with E-state index in [-0.39, 0.29) is 17.4 Å². The average molecular weight is 432 g/mol. The maximum Gasteiger partial charge on any atom is 0.269 e. The van der Waals surface area contributed by atoms with Crippen LogP contribution < -0.4 is 10.5 Å². The molecular formula is C25H29N5O2. The number of anilines is 1. The van der Waals surface area contributed by atoms with Crippen molar-refractivity contribution in [3.05, 3.63) is 88.6 Å². The molecule has 1 aliphatic rings. The Morgan fingerprint density at radius 3 is 2.53 bits per heavy atom. The first-order valence-corrected chi connectivity index (χ1v) is 11.1. The van der Waals surface area contributed by atoms with Crippen LogP contribution in [-0.2, 0) is 17.8 Å². The molecule has 0 unspecified atom stereocenters. The number of aromatic nitrogens is 3. The second-order valence-corrected chi connectivity index (χ2v) is 8.29. The third kappa shape index (κ3) is 5.41. The summed E-state index contributed by atoms with van der Waals surface area (Å²) in [6.45, 7) is 2.61. The zero-order valence-corrected chi connectivity index (χ0v) is 18.4. The third-order valence-corrected chi connectivity index (χ3v) is 6.05. The molecule has 0 atom stereocenters. The van der Waals surface area contributed by atoms with Crippen LogP contribution in [0.15, 0.2) is 71.8 Å². The van der Waals surface area contributed by atoms with E-state index >= 15 is 0 Å². The van der Waals surface area contributed by atoms with E-state index in [2.05, 4.69) is 15.0 Å². The number of amides is 1. The van der Waals surface area contributed by atoms with E-state index < -0.39 is 0 Å². The summed E-state index contributed by atoms with van der Waals surface area (Å²) in [6.07, 6.45) is 5.85. The second-order valence-electron chi connectivity index (χ2n) is 8.29. The summed E-state index contributed by atoms with van der Waals surface area (Å²) in [4.78, 5) is 33.7. The van der Waals surface area contributed by atoms with Crippen LogP contribution in [-0.4, -0.2) is 52.3 Å². The van der Waals surface area contributed by atoms with Gasteiger partial charge in [-0.3, -0.25) is 14.6 Å². The van der Waals surface area contributed by atoms with E-state index in [9.17, 15) is 9.59 Å². The molecule has 7 nitrogen and oxygen atoms in total. The first-order chi connectivity index (χ1) is 15.6. The smallest absolute Gasteiger partial charge is 0.269 e. The molecule has 1 saturated heterocycles. The predicted molar refractivity (Wildman–Crippen MR) is 125 cm³/mol. The van der Waals surface area contributed by atoms with Crippen molar-refractivity contribution in [2.24, 2.45) is 5.92 Å². The molecule has 0 N–H and O–H groups in total. The van der Waals surface area contributed by atoms with Gasteiger partial charge in [0.1, 0.15) is 0 Å². The SMILES string of the molecule is CN(CCc1ccccn1)C(=O)C1CCN(c2cnn(Cc3ccccc3)c(=O)c2)CC1. The third-order valence-electron chi connectivity index (χ3n) is 6.05. The number of rotatable bonds is 7. The zero-order valence-electron chi connectivity index (χ0n) is 18.4. The van der Waals surface area contributed by atoms with Crippen molar-refractivity contribution in [3.63, 3.8) is 0 Å². The van der Waals surface area contributed by atoms with Crippen LogP contribution in [0.5, 0.6) is 0 Å². The Kier molecular flexibility index (Phi) is 6.94. The highest BCUT2D eigenvalue weighted by atomic mass is 16.2. The van der Waals surface area contributed by atoms with E-state index in [1.54, 1.807) is 18.5 Å². The van der Waals surface area contributed by atoms with Crippen LogP contribution in [0.25, 0.3) is 0 Å². The van der Waals surface area contributed by atoms with Crippen LogP contribution in [0, 0.1) is 5.92 Å². The molecule has 3 aromatic rings. The molecule has 3 heterocycles. The van der Waals surface area contributed by atoms with Gasteiger partial charge in [0.05, 0.1) is 18.4 Å². The topological polar surface area (TPSA) is 71.3 Å². The molecular weight excluding hydrogens is 402 g/mol. The van der Waals surface area contributed by atoms with Crippen LogP contribution in [0.4, 0.5) is 5.69 Å². The summed E-state index contributed by atoms with van der Waals surface area (Å²) in [5, 5.41) is 4.37. The molecule has 7 heteroatoms. The molecule has 4 rings (SSSR count). The zero-order chi connectivity index (χ0) is 22.3.